The van der Waals surface area contributed by atoms with Crippen LogP contribution in [0.4, 0.5) is 0 Å². The lowest BCUT2D eigenvalue weighted by atomic mass is 9.85. The molecule has 0 aliphatic heterocycles. The number of hydrogen-bond acceptors (Lipinski definition) is 4. The van der Waals surface area contributed by atoms with Crippen LogP contribution < -0.4 is 0 Å². The van der Waals surface area contributed by atoms with Crippen LogP contribution in [-0.2, 0) is 16.1 Å². The van der Waals surface area contributed by atoms with E-state index >= 15 is 0 Å². The van der Waals surface area contributed by atoms with Crippen molar-refractivity contribution in [3.05, 3.63) is 58.1 Å². The van der Waals surface area contributed by atoms with E-state index in [9.17, 15) is 24.6 Å². The number of rotatable bonds is 9. The standard InChI is InChI=1S/C27H28BrNO6/c1-2-7-22(30)29(16-27(26(33)34)12-5-6-13-27)15-17-10-11-21-20(14-17)23(28)24(35-21)18-8-3-4-9-19(18)25(31)32/h3-4,8-11,14H,2,5-7,12-13,15-16H2,1H3,(H,31,32)(H,33,34). The number of halogens is 1. The fourth-order valence-electron chi connectivity index (χ4n) is 4.94. The number of hydrogen-bond donors (Lipinski definition) is 2. The van der Waals surface area contributed by atoms with Crippen LogP contribution in [0.2, 0.25) is 0 Å². The summed E-state index contributed by atoms with van der Waals surface area (Å²) in [6.45, 7) is 2.43. The molecule has 0 radical (unpaired) electrons. The molecule has 4 rings (SSSR count). The number of carboxylic acid groups (broad SMARTS) is 2. The Hall–Kier alpha value is -3.13. The van der Waals surface area contributed by atoms with Gasteiger partial charge in [-0.2, -0.15) is 0 Å². The summed E-state index contributed by atoms with van der Waals surface area (Å²) in [5.41, 5.74) is 1.14. The molecule has 0 bridgehead atoms. The van der Waals surface area contributed by atoms with Crippen LogP contribution in [0.3, 0.4) is 0 Å². The molecule has 1 fully saturated rings. The summed E-state index contributed by atoms with van der Waals surface area (Å²) in [6, 6.07) is 12.2. The first-order valence-corrected chi connectivity index (χ1v) is 12.6. The minimum Gasteiger partial charge on any atom is -0.481 e. The van der Waals surface area contributed by atoms with E-state index in [1.807, 2.05) is 19.1 Å². The summed E-state index contributed by atoms with van der Waals surface area (Å²) in [6.07, 6.45) is 3.93. The third-order valence-corrected chi connectivity index (χ3v) is 7.58. The van der Waals surface area contributed by atoms with Gasteiger partial charge in [0.1, 0.15) is 11.3 Å². The zero-order chi connectivity index (χ0) is 25.2. The molecule has 1 aromatic heterocycles. The average Bonchev–Trinajstić information content (AvgIpc) is 3.44. The van der Waals surface area contributed by atoms with Gasteiger partial charge in [-0.05, 0) is 59.0 Å². The maximum Gasteiger partial charge on any atom is 0.336 e. The van der Waals surface area contributed by atoms with Crippen LogP contribution in [0.1, 0.15) is 61.4 Å². The van der Waals surface area contributed by atoms with Crippen molar-refractivity contribution in [2.45, 2.75) is 52.0 Å². The molecular formula is C27H28BrNO6. The third kappa shape index (κ3) is 4.98. The van der Waals surface area contributed by atoms with Gasteiger partial charge >= 0.3 is 11.9 Å². The average molecular weight is 542 g/mol. The van der Waals surface area contributed by atoms with Crippen LogP contribution >= 0.6 is 15.9 Å². The van der Waals surface area contributed by atoms with E-state index in [0.29, 0.717) is 53.6 Å². The van der Waals surface area contributed by atoms with Gasteiger partial charge in [-0.25, -0.2) is 4.79 Å². The smallest absolute Gasteiger partial charge is 0.336 e. The van der Waals surface area contributed by atoms with E-state index in [2.05, 4.69) is 15.9 Å². The molecule has 35 heavy (non-hydrogen) atoms. The fraction of sp³-hybridized carbons (Fsp3) is 0.370. The van der Waals surface area contributed by atoms with Crippen LogP contribution in [0, 0.1) is 5.41 Å². The first kappa shape index (κ1) is 25.0. The van der Waals surface area contributed by atoms with Gasteiger partial charge in [0.25, 0.3) is 0 Å². The molecular weight excluding hydrogens is 514 g/mol. The number of aliphatic carboxylic acids is 1. The van der Waals surface area contributed by atoms with E-state index in [4.69, 9.17) is 4.42 Å². The Bertz CT molecular complexity index is 1270. The second-order valence-corrected chi connectivity index (χ2v) is 10.0. The van der Waals surface area contributed by atoms with Crippen molar-refractivity contribution in [2.75, 3.05) is 6.54 Å². The molecule has 2 N–H and O–H groups in total. The van der Waals surface area contributed by atoms with Crippen molar-refractivity contribution in [1.82, 2.24) is 4.90 Å². The van der Waals surface area contributed by atoms with Gasteiger partial charge in [-0.15, -0.1) is 0 Å². The molecule has 0 saturated heterocycles. The highest BCUT2D eigenvalue weighted by Crippen LogP contribution is 2.41. The normalized spacial score (nSPS) is 14.8. The largest absolute Gasteiger partial charge is 0.481 e. The van der Waals surface area contributed by atoms with E-state index in [0.717, 1.165) is 23.8 Å². The Labute approximate surface area is 211 Å². The molecule has 1 aliphatic carbocycles. The Kier molecular flexibility index (Phi) is 7.31. The molecule has 3 aromatic rings. The summed E-state index contributed by atoms with van der Waals surface area (Å²) in [5.74, 6) is -1.51. The highest BCUT2D eigenvalue weighted by Gasteiger charge is 2.43. The van der Waals surface area contributed by atoms with Crippen molar-refractivity contribution in [1.29, 1.82) is 0 Å². The van der Waals surface area contributed by atoms with Crippen molar-refractivity contribution < 1.29 is 29.0 Å². The Balaban J connectivity index is 1.68. The zero-order valence-corrected chi connectivity index (χ0v) is 21.1. The topological polar surface area (TPSA) is 108 Å². The predicted octanol–water partition coefficient (Wildman–Crippen LogP) is 6.33. The number of fused-ring (bicyclic) bond motifs is 1. The SMILES string of the molecule is CCCC(=O)N(Cc1ccc2oc(-c3ccccc3C(=O)O)c(Br)c2c1)CC1(C(=O)O)CCCC1. The number of aromatic carboxylic acids is 1. The van der Waals surface area contributed by atoms with Crippen LogP contribution in [0.15, 0.2) is 51.4 Å². The minimum atomic E-state index is -1.04. The summed E-state index contributed by atoms with van der Waals surface area (Å²) < 4.78 is 6.64. The number of carbonyl (C=O) groups excluding carboxylic acids is 1. The predicted molar refractivity (Wildman–Crippen MR) is 135 cm³/mol. The van der Waals surface area contributed by atoms with E-state index in [-0.39, 0.29) is 18.0 Å². The summed E-state index contributed by atoms with van der Waals surface area (Å²) in [7, 11) is 0. The molecule has 184 valence electrons. The molecule has 0 spiro atoms. The van der Waals surface area contributed by atoms with Crippen molar-refractivity contribution in [3.63, 3.8) is 0 Å². The van der Waals surface area contributed by atoms with Crippen LogP contribution in [0.25, 0.3) is 22.3 Å². The number of benzene rings is 2. The van der Waals surface area contributed by atoms with Crippen molar-refractivity contribution in [2.24, 2.45) is 5.41 Å². The molecule has 8 heteroatoms. The molecule has 0 atom stereocenters. The lowest BCUT2D eigenvalue weighted by Crippen LogP contribution is -2.43. The second-order valence-electron chi connectivity index (χ2n) is 9.22. The highest BCUT2D eigenvalue weighted by atomic mass is 79.9. The molecule has 1 aliphatic rings. The van der Waals surface area contributed by atoms with Gasteiger partial charge in [-0.1, -0.05) is 44.0 Å². The number of carbonyl (C=O) groups is 3. The fourth-order valence-corrected chi connectivity index (χ4v) is 5.54. The summed E-state index contributed by atoms with van der Waals surface area (Å²) >= 11 is 3.58. The van der Waals surface area contributed by atoms with Crippen molar-refractivity contribution >= 4 is 44.7 Å². The summed E-state index contributed by atoms with van der Waals surface area (Å²) in [5, 5.41) is 20.3. The van der Waals surface area contributed by atoms with Gasteiger partial charge in [0.2, 0.25) is 5.91 Å². The minimum absolute atomic E-state index is 0.0533. The Morgan fingerprint density at radius 3 is 2.46 bits per heavy atom. The quantitative estimate of drug-likeness (QED) is 0.327. The van der Waals surface area contributed by atoms with Gasteiger partial charge in [0.15, 0.2) is 0 Å². The third-order valence-electron chi connectivity index (χ3n) is 6.79. The molecule has 2 aromatic carbocycles. The number of nitrogens with zero attached hydrogens (tertiary/aromatic N) is 1. The van der Waals surface area contributed by atoms with Crippen LogP contribution in [0.5, 0.6) is 0 Å². The zero-order valence-electron chi connectivity index (χ0n) is 19.6. The number of amides is 1. The monoisotopic (exact) mass is 541 g/mol. The first-order valence-electron chi connectivity index (χ1n) is 11.8. The number of carboxylic acids is 2. The lowest BCUT2D eigenvalue weighted by molar-refractivity contribution is -0.151. The Morgan fingerprint density at radius 2 is 1.80 bits per heavy atom. The maximum atomic E-state index is 13.0. The maximum absolute atomic E-state index is 13.0. The van der Waals surface area contributed by atoms with Gasteiger partial charge in [-0.3, -0.25) is 9.59 Å². The second kappa shape index (κ2) is 10.2. The Morgan fingerprint density at radius 1 is 1.09 bits per heavy atom. The van der Waals surface area contributed by atoms with Crippen LogP contribution in [-0.4, -0.2) is 39.5 Å². The van der Waals surface area contributed by atoms with Gasteiger partial charge in [0.05, 0.1) is 15.5 Å². The van der Waals surface area contributed by atoms with Crippen molar-refractivity contribution in [3.8, 4) is 11.3 Å². The summed E-state index contributed by atoms with van der Waals surface area (Å²) in [4.78, 5) is 38.5. The first-order chi connectivity index (χ1) is 16.8. The molecule has 0 unspecified atom stereocenters. The molecule has 7 nitrogen and oxygen atoms in total. The van der Waals surface area contributed by atoms with Gasteiger partial charge in [0, 0.05) is 30.5 Å². The highest BCUT2D eigenvalue weighted by molar-refractivity contribution is 9.10. The van der Waals surface area contributed by atoms with E-state index in [1.165, 1.54) is 6.07 Å². The molecule has 1 amide bonds. The van der Waals surface area contributed by atoms with Gasteiger partial charge < -0.3 is 19.5 Å². The number of furan rings is 1. The molecule has 1 heterocycles. The lowest BCUT2D eigenvalue weighted by Gasteiger charge is -2.32. The molecule has 1 saturated carbocycles. The van der Waals surface area contributed by atoms with E-state index < -0.39 is 17.4 Å². The van der Waals surface area contributed by atoms with E-state index in [1.54, 1.807) is 29.2 Å².